The summed E-state index contributed by atoms with van der Waals surface area (Å²) >= 11 is 6.31. The molecule has 10 nitrogen and oxygen atoms in total. The van der Waals surface area contributed by atoms with Gasteiger partial charge in [-0.3, -0.25) is 9.21 Å². The molecule has 0 spiro atoms. The van der Waals surface area contributed by atoms with E-state index in [-0.39, 0.29) is 11.5 Å². The zero-order chi connectivity index (χ0) is 23.8. The lowest BCUT2D eigenvalue weighted by molar-refractivity contribution is 0.199. The van der Waals surface area contributed by atoms with Crippen molar-refractivity contribution in [1.82, 2.24) is 20.0 Å². The summed E-state index contributed by atoms with van der Waals surface area (Å²) in [5.74, 6) is 0.209. The van der Waals surface area contributed by atoms with E-state index in [4.69, 9.17) is 11.6 Å². The van der Waals surface area contributed by atoms with Crippen LogP contribution in [0.4, 0.5) is 16.3 Å². The molecule has 3 aromatic rings. The Balaban J connectivity index is 2.12. The van der Waals surface area contributed by atoms with E-state index in [0.717, 1.165) is 15.5 Å². The smallest absolute Gasteiger partial charge is 0.413 e. The van der Waals surface area contributed by atoms with Gasteiger partial charge in [-0.15, -0.1) is 5.10 Å². The minimum absolute atomic E-state index is 0.209. The Bertz CT molecular complexity index is 1280. The van der Waals surface area contributed by atoms with Crippen molar-refractivity contribution in [3.05, 3.63) is 52.7 Å². The van der Waals surface area contributed by atoms with Crippen molar-refractivity contribution in [2.75, 3.05) is 22.5 Å². The molecule has 1 aromatic carbocycles. The normalized spacial score (nSPS) is 12.4. The molecule has 0 radical (unpaired) electrons. The number of anilines is 2. The summed E-state index contributed by atoms with van der Waals surface area (Å²) in [6.45, 7) is 3.38. The number of halogens is 1. The van der Waals surface area contributed by atoms with Gasteiger partial charge in [-0.05, 0) is 37.6 Å². The van der Waals surface area contributed by atoms with Crippen molar-refractivity contribution < 1.29 is 18.3 Å². The van der Waals surface area contributed by atoms with E-state index in [1.807, 2.05) is 0 Å². The van der Waals surface area contributed by atoms with Crippen molar-refractivity contribution in [1.29, 1.82) is 0 Å². The van der Waals surface area contributed by atoms with Gasteiger partial charge in [0.1, 0.15) is 0 Å². The van der Waals surface area contributed by atoms with Crippen LogP contribution in [0.3, 0.4) is 0 Å². The van der Waals surface area contributed by atoms with E-state index in [0.29, 0.717) is 27.7 Å². The Hall–Kier alpha value is -3.18. The van der Waals surface area contributed by atoms with Gasteiger partial charge in [0.15, 0.2) is 11.5 Å². The zero-order valence-electron chi connectivity index (χ0n) is 18.2. The number of pyridine rings is 1. The molecule has 2 aromatic heterocycles. The second-order valence-electron chi connectivity index (χ2n) is 7.27. The predicted molar refractivity (Wildman–Crippen MR) is 123 cm³/mol. The van der Waals surface area contributed by atoms with Crippen LogP contribution in [0.1, 0.15) is 24.2 Å². The number of aryl methyl sites for hydroxylation is 2. The molecule has 1 unspecified atom stereocenters. The zero-order valence-corrected chi connectivity index (χ0v) is 19.8. The van der Waals surface area contributed by atoms with Gasteiger partial charge in [0.25, 0.3) is 0 Å². The lowest BCUT2D eigenvalue weighted by Crippen LogP contribution is -2.34. The molecule has 0 saturated carbocycles. The summed E-state index contributed by atoms with van der Waals surface area (Å²) in [6, 6.07) is 9.53. The van der Waals surface area contributed by atoms with E-state index in [1.165, 1.54) is 11.7 Å². The summed E-state index contributed by atoms with van der Waals surface area (Å²) in [5.41, 5.74) is 2.06. The number of rotatable bonds is 6. The van der Waals surface area contributed by atoms with Crippen molar-refractivity contribution in [3.63, 3.8) is 0 Å². The second-order valence-corrected chi connectivity index (χ2v) is 9.69. The van der Waals surface area contributed by atoms with E-state index in [1.54, 1.807) is 57.3 Å². The van der Waals surface area contributed by atoms with Gasteiger partial charge in [0.05, 0.1) is 29.4 Å². The van der Waals surface area contributed by atoms with Crippen LogP contribution in [0.2, 0.25) is 5.02 Å². The highest BCUT2D eigenvalue weighted by Gasteiger charge is 2.31. The fourth-order valence-electron chi connectivity index (χ4n) is 3.38. The molecule has 32 heavy (non-hydrogen) atoms. The van der Waals surface area contributed by atoms with Gasteiger partial charge in [0.2, 0.25) is 10.0 Å². The van der Waals surface area contributed by atoms with Gasteiger partial charge in [-0.1, -0.05) is 35.0 Å². The van der Waals surface area contributed by atoms with Crippen molar-refractivity contribution in [2.45, 2.75) is 19.9 Å². The number of hydrogen-bond donors (Lipinski definition) is 1. The number of amides is 1. The Morgan fingerprint density at radius 1 is 1.22 bits per heavy atom. The van der Waals surface area contributed by atoms with Crippen molar-refractivity contribution in [2.24, 2.45) is 7.05 Å². The molecule has 1 N–H and O–H groups in total. The number of aromatic nitrogens is 4. The Morgan fingerprint density at radius 3 is 2.44 bits per heavy atom. The van der Waals surface area contributed by atoms with Crippen LogP contribution < -0.4 is 9.21 Å². The van der Waals surface area contributed by atoms with Crippen LogP contribution in [-0.2, 0) is 17.1 Å². The molecule has 0 aliphatic heterocycles. The molecule has 12 heteroatoms. The molecule has 1 amide bonds. The largest absolute Gasteiger partial charge is 0.465 e. The standard InChI is InChI=1S/C20H23ClN6O4S/c1-12-17(26(4)32(5,30)31)11-10-16(22-12)18-19(25(3)24-23-18)27(20(28)29)13(2)14-8-6-7-9-15(14)21/h6-11,13H,1-5H3,(H,28,29). The second kappa shape index (κ2) is 8.75. The number of nitrogens with zero attached hydrogens (tertiary/aromatic N) is 6. The van der Waals surface area contributed by atoms with Crippen LogP contribution in [-0.4, -0.2) is 52.9 Å². The number of benzene rings is 1. The van der Waals surface area contributed by atoms with E-state index >= 15 is 0 Å². The van der Waals surface area contributed by atoms with E-state index in [9.17, 15) is 18.3 Å². The molecular weight excluding hydrogens is 456 g/mol. The van der Waals surface area contributed by atoms with Crippen LogP contribution >= 0.6 is 11.6 Å². The summed E-state index contributed by atoms with van der Waals surface area (Å²) in [4.78, 5) is 17.9. The highest BCUT2D eigenvalue weighted by Crippen LogP contribution is 2.36. The summed E-state index contributed by atoms with van der Waals surface area (Å²) in [7, 11) is -0.450. The third kappa shape index (κ3) is 4.39. The molecule has 0 saturated heterocycles. The first-order valence-electron chi connectivity index (χ1n) is 9.51. The van der Waals surface area contributed by atoms with Gasteiger partial charge in [0, 0.05) is 19.1 Å². The highest BCUT2D eigenvalue weighted by atomic mass is 35.5. The molecule has 0 fully saturated rings. The number of carboxylic acid groups (broad SMARTS) is 1. The first kappa shape index (κ1) is 23.5. The molecule has 1 atom stereocenters. The predicted octanol–water partition coefficient (Wildman–Crippen LogP) is 3.48. The van der Waals surface area contributed by atoms with E-state index in [2.05, 4.69) is 15.3 Å². The Labute approximate surface area is 191 Å². The number of carbonyl (C=O) groups is 1. The average molecular weight is 479 g/mol. The SMILES string of the molecule is Cc1nc(-c2nnn(C)c2N(C(=O)O)C(C)c2ccccc2Cl)ccc1N(C)S(C)(=O)=O. The summed E-state index contributed by atoms with van der Waals surface area (Å²) in [6.07, 6.45) is -0.115. The molecule has 2 heterocycles. The minimum Gasteiger partial charge on any atom is -0.465 e. The van der Waals surface area contributed by atoms with Gasteiger partial charge in [-0.2, -0.15) is 0 Å². The topological polar surface area (TPSA) is 122 Å². The van der Waals surface area contributed by atoms with Crippen LogP contribution in [0, 0.1) is 6.92 Å². The van der Waals surface area contributed by atoms with Gasteiger partial charge < -0.3 is 5.11 Å². The minimum atomic E-state index is -3.47. The summed E-state index contributed by atoms with van der Waals surface area (Å²) in [5, 5.41) is 18.6. The fourth-order valence-corrected chi connectivity index (χ4v) is 4.22. The average Bonchev–Trinajstić information content (AvgIpc) is 3.08. The maximum atomic E-state index is 12.3. The van der Waals surface area contributed by atoms with Crippen LogP contribution in [0.25, 0.3) is 11.4 Å². The van der Waals surface area contributed by atoms with Crippen LogP contribution in [0.15, 0.2) is 36.4 Å². The first-order chi connectivity index (χ1) is 14.9. The molecule has 0 bridgehead atoms. The Morgan fingerprint density at radius 2 is 1.88 bits per heavy atom. The highest BCUT2D eigenvalue weighted by molar-refractivity contribution is 7.92. The van der Waals surface area contributed by atoms with Crippen molar-refractivity contribution in [3.8, 4) is 11.4 Å². The number of hydrogen-bond acceptors (Lipinski definition) is 6. The Kier molecular flexibility index (Phi) is 6.42. The lowest BCUT2D eigenvalue weighted by atomic mass is 10.1. The van der Waals surface area contributed by atoms with Crippen LogP contribution in [0.5, 0.6) is 0 Å². The quantitative estimate of drug-likeness (QED) is 0.575. The fraction of sp³-hybridized carbons (Fsp3) is 0.300. The maximum Gasteiger partial charge on any atom is 0.413 e. The molecular formula is C20H23ClN6O4S. The summed E-state index contributed by atoms with van der Waals surface area (Å²) < 4.78 is 26.3. The lowest BCUT2D eigenvalue weighted by Gasteiger charge is -2.27. The number of sulfonamides is 1. The van der Waals surface area contributed by atoms with Gasteiger partial charge >= 0.3 is 6.09 Å². The molecule has 0 aliphatic carbocycles. The monoisotopic (exact) mass is 478 g/mol. The molecule has 170 valence electrons. The molecule has 0 aliphatic rings. The first-order valence-corrected chi connectivity index (χ1v) is 11.7. The maximum absolute atomic E-state index is 12.3. The van der Waals surface area contributed by atoms with Gasteiger partial charge in [-0.25, -0.2) is 22.9 Å². The molecule has 3 rings (SSSR count). The van der Waals surface area contributed by atoms with Crippen molar-refractivity contribution >= 4 is 39.2 Å². The third-order valence-corrected chi connectivity index (χ3v) is 6.65. The van der Waals surface area contributed by atoms with E-state index < -0.39 is 22.2 Å². The third-order valence-electron chi connectivity index (χ3n) is 5.11.